The zero-order valence-electron chi connectivity index (χ0n) is 20.8. The monoisotopic (exact) mass is 619 g/mol. The second-order valence-corrected chi connectivity index (χ2v) is 12.7. The van der Waals surface area contributed by atoms with E-state index in [4.69, 9.17) is 23.2 Å². The molecule has 2 aromatic rings. The zero-order chi connectivity index (χ0) is 27.0. The number of rotatable bonds is 12. The van der Waals surface area contributed by atoms with Gasteiger partial charge in [-0.15, -0.1) is 0 Å². The Balaban J connectivity index is 2.18. The highest BCUT2D eigenvalue weighted by atomic mass is 79.9. The first kappa shape index (κ1) is 30.4. The van der Waals surface area contributed by atoms with Crippen LogP contribution in [0.3, 0.4) is 0 Å². The third-order valence-corrected chi connectivity index (χ3v) is 7.71. The van der Waals surface area contributed by atoms with Gasteiger partial charge in [0.1, 0.15) is 6.04 Å². The van der Waals surface area contributed by atoms with Gasteiger partial charge in [-0.2, -0.15) is 0 Å². The molecule has 0 fully saturated rings. The number of hydrogen-bond acceptors (Lipinski definition) is 4. The van der Waals surface area contributed by atoms with E-state index in [0.717, 1.165) is 20.6 Å². The van der Waals surface area contributed by atoms with Crippen LogP contribution in [-0.4, -0.2) is 50.5 Å². The molecule has 2 rings (SSSR count). The molecule has 0 aliphatic carbocycles. The summed E-state index contributed by atoms with van der Waals surface area (Å²) in [4.78, 5) is 27.6. The first-order valence-electron chi connectivity index (χ1n) is 11.5. The third-order valence-electron chi connectivity index (χ3n) is 5.45. The van der Waals surface area contributed by atoms with Crippen molar-refractivity contribution < 1.29 is 18.0 Å². The molecule has 2 aromatic carbocycles. The van der Waals surface area contributed by atoms with Gasteiger partial charge in [-0.1, -0.05) is 65.1 Å². The summed E-state index contributed by atoms with van der Waals surface area (Å²) in [5.41, 5.74) is 1.13. The minimum Gasteiger partial charge on any atom is -0.354 e. The predicted octanol–water partition coefficient (Wildman–Crippen LogP) is 5.49. The average Bonchev–Trinajstić information content (AvgIpc) is 2.80. The van der Waals surface area contributed by atoms with Crippen LogP contribution in [0.15, 0.2) is 46.9 Å². The number of nitrogens with zero attached hydrogens (tertiary/aromatic N) is 2. The summed E-state index contributed by atoms with van der Waals surface area (Å²) in [5.74, 6) is -0.217. The second-order valence-electron chi connectivity index (χ2n) is 9.00. The summed E-state index contributed by atoms with van der Waals surface area (Å²) in [5, 5.41) is 3.47. The molecule has 0 unspecified atom stereocenters. The first-order chi connectivity index (χ1) is 16.8. The Morgan fingerprint density at radius 1 is 1.06 bits per heavy atom. The number of sulfonamides is 1. The van der Waals surface area contributed by atoms with Crippen LogP contribution < -0.4 is 9.62 Å². The molecule has 0 bridgehead atoms. The highest BCUT2D eigenvalue weighted by molar-refractivity contribution is 9.10. The van der Waals surface area contributed by atoms with Crippen molar-refractivity contribution in [2.75, 3.05) is 23.7 Å². The summed E-state index contributed by atoms with van der Waals surface area (Å²) < 4.78 is 27.0. The minimum atomic E-state index is -3.68. The predicted molar refractivity (Wildman–Crippen MR) is 150 cm³/mol. The molecule has 7 nitrogen and oxygen atoms in total. The summed E-state index contributed by atoms with van der Waals surface area (Å²) in [6.45, 7) is 6.47. The lowest BCUT2D eigenvalue weighted by Crippen LogP contribution is -2.48. The van der Waals surface area contributed by atoms with Crippen LogP contribution in [0, 0.1) is 5.92 Å². The lowest BCUT2D eigenvalue weighted by Gasteiger charge is -2.30. The quantitative estimate of drug-likeness (QED) is 0.340. The topological polar surface area (TPSA) is 86.8 Å². The van der Waals surface area contributed by atoms with Gasteiger partial charge in [0.2, 0.25) is 21.8 Å². The van der Waals surface area contributed by atoms with Crippen molar-refractivity contribution in [1.82, 2.24) is 10.2 Å². The van der Waals surface area contributed by atoms with Gasteiger partial charge >= 0.3 is 0 Å². The van der Waals surface area contributed by atoms with Gasteiger partial charge in [-0.3, -0.25) is 13.9 Å². The largest absolute Gasteiger partial charge is 0.354 e. The van der Waals surface area contributed by atoms with Gasteiger partial charge in [0.05, 0.1) is 17.0 Å². The second kappa shape index (κ2) is 13.7. The van der Waals surface area contributed by atoms with Crippen molar-refractivity contribution in [2.45, 2.75) is 46.2 Å². The average molecular weight is 621 g/mol. The van der Waals surface area contributed by atoms with Crippen LogP contribution in [0.1, 0.15) is 39.2 Å². The van der Waals surface area contributed by atoms with Crippen LogP contribution >= 0.6 is 39.1 Å². The minimum absolute atomic E-state index is 0.0324. The van der Waals surface area contributed by atoms with Gasteiger partial charge in [-0.25, -0.2) is 8.42 Å². The summed E-state index contributed by atoms with van der Waals surface area (Å²) >= 11 is 15.7. The van der Waals surface area contributed by atoms with Gasteiger partial charge < -0.3 is 10.2 Å². The van der Waals surface area contributed by atoms with E-state index in [9.17, 15) is 18.0 Å². The molecule has 0 aliphatic rings. The van der Waals surface area contributed by atoms with Crippen LogP contribution in [0.5, 0.6) is 0 Å². The fourth-order valence-corrected chi connectivity index (χ4v) is 5.15. The molecule has 36 heavy (non-hydrogen) atoms. The lowest BCUT2D eigenvalue weighted by atomic mass is 10.1. The molecule has 1 atom stereocenters. The van der Waals surface area contributed by atoms with Gasteiger partial charge in [0, 0.05) is 35.6 Å². The molecule has 11 heteroatoms. The number of anilines is 1. The van der Waals surface area contributed by atoms with Gasteiger partial charge in [0.25, 0.3) is 0 Å². The van der Waals surface area contributed by atoms with E-state index in [1.54, 1.807) is 13.0 Å². The van der Waals surface area contributed by atoms with Crippen molar-refractivity contribution in [1.29, 1.82) is 0 Å². The Labute approximate surface area is 232 Å². The fourth-order valence-electron chi connectivity index (χ4n) is 3.48. The summed E-state index contributed by atoms with van der Waals surface area (Å²) in [6.07, 6.45) is 1.35. The number of halogens is 3. The van der Waals surface area contributed by atoms with Crippen molar-refractivity contribution in [3.8, 4) is 0 Å². The molecule has 0 heterocycles. The number of carbonyl (C=O) groups excluding carboxylic acids is 2. The molecule has 1 N–H and O–H groups in total. The van der Waals surface area contributed by atoms with E-state index in [-0.39, 0.29) is 54.4 Å². The molecule has 0 saturated carbocycles. The Morgan fingerprint density at radius 2 is 1.69 bits per heavy atom. The van der Waals surface area contributed by atoms with Gasteiger partial charge in [-0.05, 0) is 55.2 Å². The third kappa shape index (κ3) is 9.25. The summed E-state index contributed by atoms with van der Waals surface area (Å²) in [6, 6.07) is 11.4. The molecular formula is C25H32BrCl2N3O4S. The number of benzene rings is 2. The number of amides is 2. The van der Waals surface area contributed by atoms with E-state index in [1.807, 2.05) is 38.1 Å². The van der Waals surface area contributed by atoms with Crippen molar-refractivity contribution in [3.05, 3.63) is 62.5 Å². The van der Waals surface area contributed by atoms with E-state index in [0.29, 0.717) is 11.6 Å². The molecule has 0 aromatic heterocycles. The normalized spacial score (nSPS) is 12.3. The molecule has 2 amide bonds. The molecule has 0 aliphatic heterocycles. The van der Waals surface area contributed by atoms with Crippen molar-refractivity contribution in [3.63, 3.8) is 0 Å². The highest BCUT2D eigenvalue weighted by Gasteiger charge is 2.27. The lowest BCUT2D eigenvalue weighted by molar-refractivity contribution is -0.140. The first-order valence-corrected chi connectivity index (χ1v) is 14.9. The van der Waals surface area contributed by atoms with E-state index in [2.05, 4.69) is 21.2 Å². The zero-order valence-corrected chi connectivity index (χ0v) is 24.7. The fraction of sp³-hybridized carbons (Fsp3) is 0.440. The van der Waals surface area contributed by atoms with E-state index >= 15 is 0 Å². The van der Waals surface area contributed by atoms with Crippen LogP contribution in [-0.2, 0) is 26.2 Å². The van der Waals surface area contributed by atoms with E-state index < -0.39 is 16.1 Å². The Hall–Kier alpha value is -1.81. The molecular weight excluding hydrogens is 589 g/mol. The Kier molecular flexibility index (Phi) is 11.5. The Morgan fingerprint density at radius 3 is 2.28 bits per heavy atom. The van der Waals surface area contributed by atoms with E-state index in [1.165, 1.54) is 17.0 Å². The maximum Gasteiger partial charge on any atom is 0.242 e. The number of carbonyl (C=O) groups is 2. The highest BCUT2D eigenvalue weighted by Crippen LogP contribution is 2.31. The maximum atomic E-state index is 13.3. The molecule has 0 saturated heterocycles. The van der Waals surface area contributed by atoms with Crippen molar-refractivity contribution in [2.24, 2.45) is 5.92 Å². The van der Waals surface area contributed by atoms with Crippen LogP contribution in [0.4, 0.5) is 5.69 Å². The van der Waals surface area contributed by atoms with Crippen LogP contribution in [0.25, 0.3) is 0 Å². The maximum absolute atomic E-state index is 13.3. The van der Waals surface area contributed by atoms with Crippen molar-refractivity contribution >= 4 is 66.7 Å². The molecule has 0 radical (unpaired) electrons. The summed E-state index contributed by atoms with van der Waals surface area (Å²) in [7, 11) is -3.68. The SMILES string of the molecule is CC(C)CNC(=O)[C@@H](C)N(Cc1ccc(Br)cc1)C(=O)CCCN(c1cc(Cl)ccc1Cl)S(C)(=O)=O. The Bertz CT molecular complexity index is 1160. The van der Waals surface area contributed by atoms with Gasteiger partial charge in [0.15, 0.2) is 0 Å². The number of hydrogen-bond donors (Lipinski definition) is 1. The molecule has 198 valence electrons. The number of nitrogens with one attached hydrogen (secondary N) is 1. The molecule has 0 spiro atoms. The smallest absolute Gasteiger partial charge is 0.242 e. The van der Waals surface area contributed by atoms with Crippen LogP contribution in [0.2, 0.25) is 10.0 Å². The standard InChI is InChI=1S/C25H32BrCl2N3O4S/c1-17(2)15-29-25(33)18(3)30(16-19-7-9-20(26)10-8-19)24(32)6-5-13-31(36(4,34)35)23-14-21(27)11-12-22(23)28/h7-12,14,17-18H,5-6,13,15-16H2,1-4H3,(H,29,33)/t18-/m1/s1.